The van der Waals surface area contributed by atoms with E-state index in [-0.39, 0.29) is 0 Å². The first-order chi connectivity index (χ1) is 8.45. The smallest absolute Gasteiger partial charge is 0.0661 e. The molecule has 0 saturated carbocycles. The third kappa shape index (κ3) is 2.11. The van der Waals surface area contributed by atoms with E-state index in [0.29, 0.717) is 0 Å². The van der Waals surface area contributed by atoms with Crippen LogP contribution in [0, 0.1) is 0 Å². The van der Waals surface area contributed by atoms with Crippen LogP contribution in [0.3, 0.4) is 0 Å². The molecule has 3 nitrogen and oxygen atoms in total. The maximum absolute atomic E-state index is 4.28. The van der Waals surface area contributed by atoms with Gasteiger partial charge in [0.25, 0.3) is 0 Å². The Morgan fingerprint density at radius 1 is 1.00 bits per heavy atom. The molecule has 2 aliphatic rings. The van der Waals surface area contributed by atoms with E-state index in [2.05, 4.69) is 45.5 Å². The van der Waals surface area contributed by atoms with Gasteiger partial charge in [-0.05, 0) is 18.9 Å². The average molecular weight is 227 g/mol. The zero-order valence-electron chi connectivity index (χ0n) is 9.92. The van der Waals surface area contributed by atoms with E-state index in [9.17, 15) is 0 Å². The summed E-state index contributed by atoms with van der Waals surface area (Å²) in [6, 6.07) is 8.42. The maximum atomic E-state index is 4.28. The van der Waals surface area contributed by atoms with Crippen LogP contribution < -0.4 is 5.01 Å². The molecule has 0 radical (unpaired) electrons. The SMILES string of the molecule is C1=CN(N2CCCCC2)c2ccccc2C=N1. The van der Waals surface area contributed by atoms with Gasteiger partial charge in [-0.2, -0.15) is 0 Å². The fourth-order valence-electron chi connectivity index (χ4n) is 2.45. The second-order valence-electron chi connectivity index (χ2n) is 4.49. The lowest BCUT2D eigenvalue weighted by atomic mass is 10.1. The molecule has 1 saturated heterocycles. The predicted molar refractivity (Wildman–Crippen MR) is 71.1 cm³/mol. The highest BCUT2D eigenvalue weighted by atomic mass is 15.6. The molecule has 3 heteroatoms. The van der Waals surface area contributed by atoms with Crippen molar-refractivity contribution in [1.82, 2.24) is 5.01 Å². The standard InChI is InChI=1S/C14H17N3/c1-4-9-16(10-5-1)17-11-8-15-12-13-6-2-3-7-14(13)17/h2-3,6-8,11-12H,1,4-5,9-10H2. The van der Waals surface area contributed by atoms with E-state index in [4.69, 9.17) is 0 Å². The quantitative estimate of drug-likeness (QED) is 0.734. The number of hydrogen-bond donors (Lipinski definition) is 0. The van der Waals surface area contributed by atoms with Crippen LogP contribution in [0.2, 0.25) is 0 Å². The van der Waals surface area contributed by atoms with Gasteiger partial charge in [-0.1, -0.05) is 24.6 Å². The first-order valence-corrected chi connectivity index (χ1v) is 6.28. The number of para-hydroxylation sites is 1. The van der Waals surface area contributed by atoms with Gasteiger partial charge in [0.05, 0.1) is 5.69 Å². The number of benzene rings is 1. The Hall–Kier alpha value is -1.61. The van der Waals surface area contributed by atoms with Crippen LogP contribution in [0.15, 0.2) is 41.7 Å². The summed E-state index contributed by atoms with van der Waals surface area (Å²) >= 11 is 0. The summed E-state index contributed by atoms with van der Waals surface area (Å²) in [5, 5.41) is 4.66. The predicted octanol–water partition coefficient (Wildman–Crippen LogP) is 2.80. The summed E-state index contributed by atoms with van der Waals surface area (Å²) < 4.78 is 0. The third-order valence-corrected chi connectivity index (χ3v) is 3.33. The van der Waals surface area contributed by atoms with Crippen LogP contribution in [0.4, 0.5) is 5.69 Å². The van der Waals surface area contributed by atoms with Gasteiger partial charge in [-0.25, -0.2) is 5.01 Å². The minimum absolute atomic E-state index is 1.14. The van der Waals surface area contributed by atoms with Crippen molar-refractivity contribution in [2.24, 2.45) is 4.99 Å². The number of hydrogen-bond acceptors (Lipinski definition) is 3. The maximum Gasteiger partial charge on any atom is 0.0661 e. The van der Waals surface area contributed by atoms with Gasteiger partial charge in [0.15, 0.2) is 0 Å². The summed E-state index contributed by atoms with van der Waals surface area (Å²) in [5.74, 6) is 0. The van der Waals surface area contributed by atoms with E-state index in [0.717, 1.165) is 13.1 Å². The highest BCUT2D eigenvalue weighted by Crippen LogP contribution is 2.25. The summed E-state index contributed by atoms with van der Waals surface area (Å²) in [6.45, 7) is 2.28. The Labute approximate surface area is 102 Å². The number of aliphatic imine (C=N–C) groups is 1. The zero-order chi connectivity index (χ0) is 11.5. The van der Waals surface area contributed by atoms with Crippen LogP contribution in [-0.2, 0) is 0 Å². The first kappa shape index (κ1) is 10.5. The molecule has 1 fully saturated rings. The number of fused-ring (bicyclic) bond motifs is 1. The van der Waals surface area contributed by atoms with Crippen LogP contribution in [-0.4, -0.2) is 24.3 Å². The minimum Gasteiger partial charge on any atom is -0.279 e. The Bertz CT molecular complexity index is 445. The van der Waals surface area contributed by atoms with Crippen molar-refractivity contribution >= 4 is 11.9 Å². The van der Waals surface area contributed by atoms with Crippen molar-refractivity contribution in [3.63, 3.8) is 0 Å². The second kappa shape index (κ2) is 4.72. The van der Waals surface area contributed by atoms with E-state index in [1.165, 1.54) is 30.5 Å². The topological polar surface area (TPSA) is 18.8 Å². The second-order valence-corrected chi connectivity index (χ2v) is 4.49. The Kier molecular flexibility index (Phi) is 2.92. The average Bonchev–Trinajstić information content (AvgIpc) is 2.62. The number of hydrazine groups is 1. The molecule has 0 aromatic heterocycles. The lowest BCUT2D eigenvalue weighted by Gasteiger charge is -2.36. The molecule has 0 spiro atoms. The van der Waals surface area contributed by atoms with E-state index in [1.54, 1.807) is 0 Å². The van der Waals surface area contributed by atoms with E-state index in [1.807, 2.05) is 12.4 Å². The van der Waals surface area contributed by atoms with Crippen molar-refractivity contribution < 1.29 is 0 Å². The van der Waals surface area contributed by atoms with Gasteiger partial charge >= 0.3 is 0 Å². The van der Waals surface area contributed by atoms with Crippen LogP contribution in [0.5, 0.6) is 0 Å². The lowest BCUT2D eigenvalue weighted by Crippen LogP contribution is -2.42. The number of anilines is 1. The Morgan fingerprint density at radius 3 is 2.71 bits per heavy atom. The largest absolute Gasteiger partial charge is 0.279 e. The molecule has 0 atom stereocenters. The monoisotopic (exact) mass is 227 g/mol. The number of rotatable bonds is 1. The van der Waals surface area contributed by atoms with Gasteiger partial charge < -0.3 is 0 Å². The molecule has 1 aromatic carbocycles. The van der Waals surface area contributed by atoms with Crippen LogP contribution in [0.1, 0.15) is 24.8 Å². The van der Waals surface area contributed by atoms with Crippen LogP contribution >= 0.6 is 0 Å². The van der Waals surface area contributed by atoms with Crippen molar-refractivity contribution in [3.8, 4) is 0 Å². The molecule has 0 N–H and O–H groups in total. The fourth-order valence-corrected chi connectivity index (χ4v) is 2.45. The summed E-state index contributed by atoms with van der Waals surface area (Å²) in [4.78, 5) is 4.28. The normalized spacial score (nSPS) is 20.1. The first-order valence-electron chi connectivity index (χ1n) is 6.28. The van der Waals surface area contributed by atoms with Gasteiger partial charge in [0.1, 0.15) is 0 Å². The zero-order valence-corrected chi connectivity index (χ0v) is 9.92. The molecule has 2 aliphatic heterocycles. The summed E-state index contributed by atoms with van der Waals surface area (Å²) in [7, 11) is 0. The molecular weight excluding hydrogens is 210 g/mol. The molecule has 1 aromatic rings. The summed E-state index contributed by atoms with van der Waals surface area (Å²) in [5.41, 5.74) is 2.41. The third-order valence-electron chi connectivity index (χ3n) is 3.33. The lowest BCUT2D eigenvalue weighted by molar-refractivity contribution is 0.228. The molecule has 0 unspecified atom stereocenters. The molecule has 0 aliphatic carbocycles. The Balaban J connectivity index is 1.94. The van der Waals surface area contributed by atoms with Crippen molar-refractivity contribution in [3.05, 3.63) is 42.2 Å². The molecule has 3 rings (SSSR count). The molecule has 88 valence electrons. The van der Waals surface area contributed by atoms with Crippen molar-refractivity contribution in [2.75, 3.05) is 18.1 Å². The van der Waals surface area contributed by atoms with E-state index < -0.39 is 0 Å². The van der Waals surface area contributed by atoms with Crippen molar-refractivity contribution in [1.29, 1.82) is 0 Å². The van der Waals surface area contributed by atoms with Gasteiger partial charge in [-0.15, -0.1) is 0 Å². The number of piperidine rings is 1. The highest BCUT2D eigenvalue weighted by molar-refractivity contribution is 5.89. The van der Waals surface area contributed by atoms with Crippen molar-refractivity contribution in [2.45, 2.75) is 19.3 Å². The molecule has 17 heavy (non-hydrogen) atoms. The molecule has 0 bridgehead atoms. The number of nitrogens with zero attached hydrogens (tertiary/aromatic N) is 3. The molecule has 2 heterocycles. The van der Waals surface area contributed by atoms with Crippen LogP contribution in [0.25, 0.3) is 0 Å². The highest BCUT2D eigenvalue weighted by Gasteiger charge is 2.19. The van der Waals surface area contributed by atoms with Gasteiger partial charge in [0, 0.05) is 37.3 Å². The van der Waals surface area contributed by atoms with E-state index >= 15 is 0 Å². The fraction of sp³-hybridized carbons (Fsp3) is 0.357. The van der Waals surface area contributed by atoms with Gasteiger partial charge in [-0.3, -0.25) is 10.0 Å². The molecule has 0 amide bonds. The van der Waals surface area contributed by atoms with Gasteiger partial charge in [0.2, 0.25) is 0 Å². The molecular formula is C14H17N3. The summed E-state index contributed by atoms with van der Waals surface area (Å²) in [6.07, 6.45) is 9.78. The Morgan fingerprint density at radius 2 is 1.82 bits per heavy atom. The minimum atomic E-state index is 1.14.